The molecular weight excluding hydrogens is 439 g/mol. The molecule has 3 N–H and O–H groups in total. The maximum atomic E-state index is 6.03. The van der Waals surface area contributed by atoms with Gasteiger partial charge in [0.05, 0.1) is 13.7 Å². The quantitative estimate of drug-likeness (QED) is 0.365. The molecule has 0 bridgehead atoms. The van der Waals surface area contributed by atoms with Crippen molar-refractivity contribution in [2.45, 2.75) is 33.0 Å². The molecule has 142 valence electrons. The molecule has 2 aromatic rings. The fourth-order valence-corrected chi connectivity index (χ4v) is 2.38. The van der Waals surface area contributed by atoms with Gasteiger partial charge in [0.2, 0.25) is 0 Å². The van der Waals surface area contributed by atoms with E-state index in [1.54, 1.807) is 7.11 Å². The second-order valence-electron chi connectivity index (χ2n) is 6.34. The summed E-state index contributed by atoms with van der Waals surface area (Å²) in [6.45, 7) is 5.82. The average molecular weight is 468 g/mol. The Labute approximate surface area is 173 Å². The fraction of sp³-hybridized carbons (Fsp3) is 0.350. The number of methoxy groups -OCH3 is 1. The van der Waals surface area contributed by atoms with Crippen molar-refractivity contribution >= 4 is 35.6 Å². The molecule has 0 radical (unpaired) electrons. The van der Waals surface area contributed by atoms with Crippen LogP contribution in [-0.2, 0) is 13.1 Å². The number of ether oxygens (including phenoxy) is 1. The van der Waals surface area contributed by atoms with Gasteiger partial charge in [0, 0.05) is 24.3 Å². The second-order valence-corrected chi connectivity index (χ2v) is 6.34. The third-order valence-corrected chi connectivity index (χ3v) is 4.18. The zero-order valence-electron chi connectivity index (χ0n) is 15.9. The largest absolute Gasteiger partial charge is 0.497 e. The highest BCUT2D eigenvalue weighted by Crippen LogP contribution is 2.17. The van der Waals surface area contributed by atoms with Gasteiger partial charge in [-0.15, -0.1) is 24.0 Å². The maximum absolute atomic E-state index is 6.03. The SMILES string of the molecule is COc1cccc(NC(N)=NCc2ccccc2CN(C)C(C)C)c1.I. The van der Waals surface area contributed by atoms with Gasteiger partial charge in [-0.2, -0.15) is 0 Å². The van der Waals surface area contributed by atoms with Gasteiger partial charge in [0.25, 0.3) is 0 Å². The van der Waals surface area contributed by atoms with Crippen LogP contribution in [0.5, 0.6) is 5.75 Å². The smallest absolute Gasteiger partial charge is 0.193 e. The van der Waals surface area contributed by atoms with Gasteiger partial charge >= 0.3 is 0 Å². The molecule has 2 rings (SSSR count). The van der Waals surface area contributed by atoms with Crippen LogP contribution in [0, 0.1) is 0 Å². The third kappa shape index (κ3) is 6.84. The highest BCUT2D eigenvalue weighted by Gasteiger charge is 2.08. The first-order valence-corrected chi connectivity index (χ1v) is 8.47. The Hall–Kier alpha value is -1.80. The van der Waals surface area contributed by atoms with Crippen molar-refractivity contribution in [3.05, 3.63) is 59.7 Å². The molecule has 0 amide bonds. The lowest BCUT2D eigenvalue weighted by Gasteiger charge is -2.22. The van der Waals surface area contributed by atoms with E-state index in [-0.39, 0.29) is 24.0 Å². The molecule has 0 saturated heterocycles. The van der Waals surface area contributed by atoms with Gasteiger partial charge in [0.1, 0.15) is 5.75 Å². The van der Waals surface area contributed by atoms with Crippen LogP contribution in [0.3, 0.4) is 0 Å². The fourth-order valence-electron chi connectivity index (χ4n) is 2.38. The highest BCUT2D eigenvalue weighted by atomic mass is 127. The second kappa shape index (κ2) is 11.0. The van der Waals surface area contributed by atoms with E-state index >= 15 is 0 Å². The van der Waals surface area contributed by atoms with Gasteiger partial charge in [-0.1, -0.05) is 30.3 Å². The Morgan fingerprint density at radius 2 is 1.85 bits per heavy atom. The summed E-state index contributed by atoms with van der Waals surface area (Å²) in [4.78, 5) is 6.79. The standard InChI is InChI=1S/C20H28N4O.HI/c1-15(2)24(3)14-17-9-6-5-8-16(17)13-22-20(21)23-18-10-7-11-19(12-18)25-4;/h5-12,15H,13-14H2,1-4H3,(H3,21,22,23);1H. The lowest BCUT2D eigenvalue weighted by atomic mass is 10.1. The van der Waals surface area contributed by atoms with E-state index in [4.69, 9.17) is 10.5 Å². The summed E-state index contributed by atoms with van der Waals surface area (Å²) in [5, 5.41) is 3.10. The molecule has 0 fully saturated rings. The number of guanidine groups is 1. The molecule has 0 aliphatic carbocycles. The number of aliphatic imine (C=N–C) groups is 1. The van der Waals surface area contributed by atoms with Crippen LogP contribution in [0.1, 0.15) is 25.0 Å². The monoisotopic (exact) mass is 468 g/mol. The van der Waals surface area contributed by atoms with Crippen molar-refractivity contribution in [2.75, 3.05) is 19.5 Å². The predicted octanol–water partition coefficient (Wildman–Crippen LogP) is 4.08. The molecule has 5 nitrogen and oxygen atoms in total. The topological polar surface area (TPSA) is 62.9 Å². The Balaban J connectivity index is 0.00000338. The molecule has 0 heterocycles. The first-order valence-electron chi connectivity index (χ1n) is 8.47. The van der Waals surface area contributed by atoms with E-state index in [0.717, 1.165) is 18.0 Å². The van der Waals surface area contributed by atoms with Crippen LogP contribution >= 0.6 is 24.0 Å². The first kappa shape index (κ1) is 22.2. The normalized spacial score (nSPS) is 11.4. The number of hydrogen-bond acceptors (Lipinski definition) is 3. The first-order chi connectivity index (χ1) is 12.0. The summed E-state index contributed by atoms with van der Waals surface area (Å²) in [7, 11) is 3.77. The molecule has 0 spiro atoms. The molecule has 6 heteroatoms. The number of halogens is 1. The van der Waals surface area contributed by atoms with Crippen LogP contribution in [0.2, 0.25) is 0 Å². The number of hydrogen-bond donors (Lipinski definition) is 2. The molecule has 0 saturated carbocycles. The van der Waals surface area contributed by atoms with E-state index in [0.29, 0.717) is 18.5 Å². The van der Waals surface area contributed by atoms with Crippen LogP contribution in [0.15, 0.2) is 53.5 Å². The van der Waals surface area contributed by atoms with Crippen molar-refractivity contribution in [1.29, 1.82) is 0 Å². The zero-order valence-corrected chi connectivity index (χ0v) is 18.2. The minimum absolute atomic E-state index is 0. The highest BCUT2D eigenvalue weighted by molar-refractivity contribution is 14.0. The number of benzene rings is 2. The lowest BCUT2D eigenvalue weighted by molar-refractivity contribution is 0.265. The molecule has 2 aromatic carbocycles. The van der Waals surface area contributed by atoms with Crippen molar-refractivity contribution in [2.24, 2.45) is 10.7 Å². The van der Waals surface area contributed by atoms with Crippen molar-refractivity contribution in [3.63, 3.8) is 0 Å². The molecule has 0 atom stereocenters. The number of rotatable bonds is 7. The van der Waals surface area contributed by atoms with Crippen molar-refractivity contribution in [3.8, 4) is 5.75 Å². The Kier molecular flexibility index (Phi) is 9.43. The van der Waals surface area contributed by atoms with Crippen molar-refractivity contribution in [1.82, 2.24) is 4.90 Å². The van der Waals surface area contributed by atoms with E-state index in [2.05, 4.69) is 54.3 Å². The maximum Gasteiger partial charge on any atom is 0.193 e. The molecule has 0 aromatic heterocycles. The summed E-state index contributed by atoms with van der Waals surface area (Å²) in [6, 6.07) is 16.5. The Bertz CT molecular complexity index is 718. The minimum atomic E-state index is 0. The van der Waals surface area contributed by atoms with E-state index in [9.17, 15) is 0 Å². The molecule has 0 aliphatic heterocycles. The van der Waals surface area contributed by atoms with E-state index in [1.807, 2.05) is 30.3 Å². The van der Waals surface area contributed by atoms with Gasteiger partial charge in [0.15, 0.2) is 5.96 Å². The zero-order chi connectivity index (χ0) is 18.2. The van der Waals surface area contributed by atoms with Crippen LogP contribution in [0.25, 0.3) is 0 Å². The lowest BCUT2D eigenvalue weighted by Crippen LogP contribution is -2.26. The average Bonchev–Trinajstić information content (AvgIpc) is 2.61. The van der Waals surface area contributed by atoms with Crippen molar-refractivity contribution < 1.29 is 4.74 Å². The molecule has 26 heavy (non-hydrogen) atoms. The van der Waals surface area contributed by atoms with Gasteiger partial charge in [-0.25, -0.2) is 4.99 Å². The Morgan fingerprint density at radius 3 is 2.50 bits per heavy atom. The molecule has 0 aliphatic rings. The number of anilines is 1. The predicted molar refractivity (Wildman–Crippen MR) is 120 cm³/mol. The Morgan fingerprint density at radius 1 is 1.15 bits per heavy atom. The summed E-state index contributed by atoms with van der Waals surface area (Å²) < 4.78 is 5.21. The number of nitrogens with one attached hydrogen (secondary N) is 1. The van der Waals surface area contributed by atoms with Crippen LogP contribution in [0.4, 0.5) is 5.69 Å². The number of nitrogens with zero attached hydrogens (tertiary/aromatic N) is 2. The summed E-state index contributed by atoms with van der Waals surface area (Å²) in [6.07, 6.45) is 0. The molecular formula is C20H29IN4O. The molecule has 0 unspecified atom stereocenters. The van der Waals surface area contributed by atoms with Gasteiger partial charge in [-0.05, 0) is 44.2 Å². The summed E-state index contributed by atoms with van der Waals surface area (Å²) in [5.41, 5.74) is 9.35. The van der Waals surface area contributed by atoms with Crippen LogP contribution < -0.4 is 15.8 Å². The summed E-state index contributed by atoms with van der Waals surface area (Å²) in [5.74, 6) is 1.17. The van der Waals surface area contributed by atoms with E-state index in [1.165, 1.54) is 11.1 Å². The van der Waals surface area contributed by atoms with Gasteiger partial charge in [-0.3, -0.25) is 4.90 Å². The third-order valence-electron chi connectivity index (χ3n) is 4.18. The van der Waals surface area contributed by atoms with Gasteiger partial charge < -0.3 is 15.8 Å². The number of nitrogens with two attached hydrogens (primary N) is 1. The van der Waals surface area contributed by atoms with E-state index < -0.39 is 0 Å². The summed E-state index contributed by atoms with van der Waals surface area (Å²) >= 11 is 0. The minimum Gasteiger partial charge on any atom is -0.497 e. The van der Waals surface area contributed by atoms with Crippen LogP contribution in [-0.4, -0.2) is 31.1 Å².